The van der Waals surface area contributed by atoms with E-state index in [0.29, 0.717) is 23.4 Å². The molecule has 0 radical (unpaired) electrons. The van der Waals surface area contributed by atoms with Crippen LogP contribution in [-0.2, 0) is 14.2 Å². The number of furan rings is 1. The van der Waals surface area contributed by atoms with Crippen LogP contribution in [0.25, 0.3) is 0 Å². The van der Waals surface area contributed by atoms with Crippen LogP contribution in [0.15, 0.2) is 41.0 Å². The summed E-state index contributed by atoms with van der Waals surface area (Å²) in [5.41, 5.74) is 0.410. The minimum atomic E-state index is -1.38. The average molecular weight is 392 g/mol. The van der Waals surface area contributed by atoms with Gasteiger partial charge in [-0.3, -0.25) is 4.79 Å². The molecule has 9 heteroatoms. The van der Waals surface area contributed by atoms with E-state index in [9.17, 15) is 15.0 Å². The zero-order chi connectivity index (χ0) is 19.7. The van der Waals surface area contributed by atoms with E-state index < -0.39 is 37.0 Å². The lowest BCUT2D eigenvalue weighted by Gasteiger charge is -2.45. The highest BCUT2D eigenvalue weighted by molar-refractivity contribution is 5.76. The molecule has 150 valence electrons. The quantitative estimate of drug-likeness (QED) is 0.720. The lowest BCUT2D eigenvalue weighted by atomic mass is 9.98. The largest absolute Gasteiger partial charge is 0.493 e. The van der Waals surface area contributed by atoms with Crippen molar-refractivity contribution in [3.8, 4) is 11.5 Å². The molecule has 0 aliphatic carbocycles. The number of carbonyl (C=O) groups excluding carboxylic acids is 1. The van der Waals surface area contributed by atoms with Crippen LogP contribution in [0.3, 0.4) is 0 Å². The minimum Gasteiger partial charge on any atom is -0.493 e. The van der Waals surface area contributed by atoms with Crippen LogP contribution >= 0.6 is 0 Å². The number of rotatable bonds is 5. The summed E-state index contributed by atoms with van der Waals surface area (Å²) in [6.07, 6.45) is -3.94. The standard InChI is InChI=1S/C19H20O9/c1-23-13-7-10(8-20)4-5-11(13)26-19-16(22)15(21)17-14(27-19)9-25-18(28-17)12-3-2-6-24-12/h2-8,14-19,21-22H,9H2,1H3. The molecule has 4 rings (SSSR count). The van der Waals surface area contributed by atoms with Crippen molar-refractivity contribution in [1.29, 1.82) is 0 Å². The molecule has 28 heavy (non-hydrogen) atoms. The van der Waals surface area contributed by atoms with Crippen LogP contribution in [0.2, 0.25) is 0 Å². The summed E-state index contributed by atoms with van der Waals surface area (Å²) >= 11 is 0. The summed E-state index contributed by atoms with van der Waals surface area (Å²) in [7, 11) is 1.43. The van der Waals surface area contributed by atoms with Gasteiger partial charge in [0, 0.05) is 5.56 Å². The highest BCUT2D eigenvalue weighted by atomic mass is 16.8. The number of ether oxygens (including phenoxy) is 5. The van der Waals surface area contributed by atoms with Gasteiger partial charge in [-0.15, -0.1) is 0 Å². The van der Waals surface area contributed by atoms with Crippen LogP contribution in [0.4, 0.5) is 0 Å². The van der Waals surface area contributed by atoms with E-state index >= 15 is 0 Å². The molecule has 0 amide bonds. The van der Waals surface area contributed by atoms with Gasteiger partial charge in [-0.2, -0.15) is 0 Å². The number of hydrogen-bond acceptors (Lipinski definition) is 9. The Morgan fingerprint density at radius 1 is 1.14 bits per heavy atom. The Hall–Kier alpha value is -2.43. The van der Waals surface area contributed by atoms with E-state index in [1.807, 2.05) is 0 Å². The monoisotopic (exact) mass is 392 g/mol. The minimum absolute atomic E-state index is 0.112. The number of aldehydes is 1. The maximum atomic E-state index is 10.9. The van der Waals surface area contributed by atoms with Crippen LogP contribution in [0.1, 0.15) is 22.4 Å². The van der Waals surface area contributed by atoms with Crippen molar-refractivity contribution >= 4 is 6.29 Å². The van der Waals surface area contributed by atoms with Crippen molar-refractivity contribution in [1.82, 2.24) is 0 Å². The first-order chi connectivity index (χ1) is 13.6. The van der Waals surface area contributed by atoms with E-state index in [4.69, 9.17) is 28.1 Å². The van der Waals surface area contributed by atoms with Crippen molar-refractivity contribution in [3.63, 3.8) is 0 Å². The topological polar surface area (TPSA) is 117 Å². The Morgan fingerprint density at radius 3 is 2.71 bits per heavy atom. The fourth-order valence-electron chi connectivity index (χ4n) is 3.22. The predicted molar refractivity (Wildman–Crippen MR) is 92.0 cm³/mol. The van der Waals surface area contributed by atoms with Crippen LogP contribution < -0.4 is 9.47 Å². The Labute approximate surface area is 160 Å². The average Bonchev–Trinajstić information content (AvgIpc) is 3.26. The summed E-state index contributed by atoms with van der Waals surface area (Å²) < 4.78 is 33.3. The first-order valence-electron chi connectivity index (χ1n) is 8.72. The Kier molecular flexibility index (Phi) is 5.33. The molecule has 1 aromatic heterocycles. The molecule has 0 spiro atoms. The first-order valence-corrected chi connectivity index (χ1v) is 8.72. The Balaban J connectivity index is 1.48. The third kappa shape index (κ3) is 3.50. The maximum absolute atomic E-state index is 10.9. The second-order valence-corrected chi connectivity index (χ2v) is 6.45. The van der Waals surface area contributed by atoms with Gasteiger partial charge in [0.1, 0.15) is 30.7 Å². The molecule has 2 aliphatic heterocycles. The van der Waals surface area contributed by atoms with Crippen molar-refractivity contribution in [2.45, 2.75) is 37.0 Å². The second-order valence-electron chi connectivity index (χ2n) is 6.45. The van der Waals surface area contributed by atoms with E-state index in [1.54, 1.807) is 18.2 Å². The fourth-order valence-corrected chi connectivity index (χ4v) is 3.22. The zero-order valence-corrected chi connectivity index (χ0v) is 15.0. The molecule has 2 N–H and O–H groups in total. The van der Waals surface area contributed by atoms with Gasteiger partial charge in [-0.05, 0) is 30.3 Å². The molecule has 9 nitrogen and oxygen atoms in total. The highest BCUT2D eigenvalue weighted by Gasteiger charge is 2.50. The molecule has 2 aliphatic rings. The maximum Gasteiger partial charge on any atom is 0.229 e. The molecule has 2 saturated heterocycles. The first kappa shape index (κ1) is 18.9. The molecule has 3 heterocycles. The van der Waals surface area contributed by atoms with Gasteiger partial charge in [0.25, 0.3) is 0 Å². The van der Waals surface area contributed by atoms with Crippen LogP contribution in [0.5, 0.6) is 11.5 Å². The van der Waals surface area contributed by atoms with Crippen molar-refractivity contribution in [3.05, 3.63) is 47.9 Å². The molecule has 1 aromatic carbocycles. The van der Waals surface area contributed by atoms with E-state index in [2.05, 4.69) is 0 Å². The van der Waals surface area contributed by atoms with Gasteiger partial charge in [0.2, 0.25) is 12.6 Å². The van der Waals surface area contributed by atoms with Gasteiger partial charge in [0.05, 0.1) is 20.0 Å². The van der Waals surface area contributed by atoms with Crippen LogP contribution in [-0.4, -0.2) is 60.9 Å². The summed E-state index contributed by atoms with van der Waals surface area (Å²) in [5.74, 6) is 1.01. The van der Waals surface area contributed by atoms with Gasteiger partial charge in [0.15, 0.2) is 17.3 Å². The van der Waals surface area contributed by atoms with E-state index in [1.165, 1.54) is 25.5 Å². The van der Waals surface area contributed by atoms with E-state index in [0.717, 1.165) is 0 Å². The lowest BCUT2D eigenvalue weighted by molar-refractivity contribution is -0.352. The number of carbonyl (C=O) groups is 1. The predicted octanol–water partition coefficient (Wildman–Crippen LogP) is 1.04. The highest BCUT2D eigenvalue weighted by Crippen LogP contribution is 2.36. The van der Waals surface area contributed by atoms with Crippen LogP contribution in [0, 0.1) is 0 Å². The lowest BCUT2D eigenvalue weighted by Crippen LogP contribution is -2.62. The van der Waals surface area contributed by atoms with Gasteiger partial charge in [-0.25, -0.2) is 0 Å². The van der Waals surface area contributed by atoms with Gasteiger partial charge >= 0.3 is 0 Å². The molecular weight excluding hydrogens is 372 g/mol. The Bertz CT molecular complexity index is 804. The number of benzene rings is 1. The number of fused-ring (bicyclic) bond motifs is 1. The van der Waals surface area contributed by atoms with Gasteiger partial charge < -0.3 is 38.3 Å². The summed E-state index contributed by atoms with van der Waals surface area (Å²) in [5, 5.41) is 21.0. The normalized spacial score (nSPS) is 32.4. The zero-order valence-electron chi connectivity index (χ0n) is 15.0. The summed E-state index contributed by atoms with van der Waals surface area (Å²) in [4.78, 5) is 10.9. The second kappa shape index (κ2) is 7.90. The number of methoxy groups -OCH3 is 1. The molecular formula is C19H20O9. The number of aliphatic hydroxyl groups is 2. The third-order valence-corrected chi connectivity index (χ3v) is 4.68. The summed E-state index contributed by atoms with van der Waals surface area (Å²) in [6.45, 7) is 0.112. The Morgan fingerprint density at radius 2 is 2.00 bits per heavy atom. The van der Waals surface area contributed by atoms with Gasteiger partial charge in [-0.1, -0.05) is 0 Å². The smallest absolute Gasteiger partial charge is 0.229 e. The molecule has 2 fully saturated rings. The van der Waals surface area contributed by atoms with Crippen molar-refractivity contribution in [2.75, 3.05) is 13.7 Å². The van der Waals surface area contributed by atoms with Crippen molar-refractivity contribution in [2.24, 2.45) is 0 Å². The molecule has 0 saturated carbocycles. The fraction of sp³-hybridized carbons (Fsp3) is 0.421. The third-order valence-electron chi connectivity index (χ3n) is 4.68. The van der Waals surface area contributed by atoms with E-state index in [-0.39, 0.29) is 12.4 Å². The summed E-state index contributed by atoms with van der Waals surface area (Å²) in [6, 6.07) is 7.96. The number of hydrogen-bond donors (Lipinski definition) is 2. The molecule has 6 atom stereocenters. The molecule has 2 aromatic rings. The van der Waals surface area contributed by atoms with Crippen molar-refractivity contribution < 1.29 is 43.1 Å². The molecule has 0 bridgehead atoms. The number of aliphatic hydroxyl groups excluding tert-OH is 2. The molecule has 6 unspecified atom stereocenters. The SMILES string of the molecule is COc1cc(C=O)ccc1OC1OC2COC(c3ccco3)OC2C(O)C1O.